The molecule has 2 aliphatic rings. The number of nitrogens with one attached hydrogen (secondary N) is 2. The molecule has 0 bridgehead atoms. The summed E-state index contributed by atoms with van der Waals surface area (Å²) >= 11 is 0. The van der Waals surface area contributed by atoms with Gasteiger partial charge in [-0.15, -0.1) is 0 Å². The number of rotatable bonds is 6. The van der Waals surface area contributed by atoms with Crippen LogP contribution in [-0.4, -0.2) is 46.7 Å². The van der Waals surface area contributed by atoms with E-state index in [1.807, 2.05) is 48.5 Å². The number of hydrogen-bond donors (Lipinski definition) is 2. The van der Waals surface area contributed by atoms with E-state index in [0.717, 1.165) is 84.7 Å². The Bertz CT molecular complexity index is 1580. The van der Waals surface area contributed by atoms with E-state index in [2.05, 4.69) is 30.6 Å². The van der Waals surface area contributed by atoms with Crippen LogP contribution in [0.1, 0.15) is 25.7 Å². The molecule has 0 aliphatic carbocycles. The Balaban J connectivity index is 1.18. The fraction of sp³-hybridized carbons (Fsp3) is 0.200. The third-order valence-electron chi connectivity index (χ3n) is 6.57. The van der Waals surface area contributed by atoms with Gasteiger partial charge in [0.2, 0.25) is 11.8 Å². The molecule has 2 aromatic carbocycles. The van der Waals surface area contributed by atoms with Gasteiger partial charge in [0.25, 0.3) is 0 Å². The fourth-order valence-electron chi connectivity index (χ4n) is 4.75. The lowest BCUT2D eigenvalue weighted by Crippen LogP contribution is -2.12. The molecular formula is C30H26N6O4. The molecule has 2 aliphatic heterocycles. The number of aromatic nitrogens is 2. The highest BCUT2D eigenvalue weighted by Crippen LogP contribution is 2.32. The molecular weight excluding hydrogens is 508 g/mol. The lowest BCUT2D eigenvalue weighted by atomic mass is 10.1. The molecule has 0 unspecified atom stereocenters. The number of hydrogen-bond acceptors (Lipinski definition) is 10. The number of amidine groups is 2. The van der Waals surface area contributed by atoms with Crippen molar-refractivity contribution in [3.8, 4) is 11.8 Å². The van der Waals surface area contributed by atoms with Crippen molar-refractivity contribution in [1.29, 1.82) is 0 Å². The van der Waals surface area contributed by atoms with E-state index in [1.165, 1.54) is 0 Å². The zero-order valence-electron chi connectivity index (χ0n) is 21.6. The van der Waals surface area contributed by atoms with Crippen molar-refractivity contribution >= 4 is 56.5 Å². The fourth-order valence-corrected chi connectivity index (χ4v) is 4.75. The van der Waals surface area contributed by atoms with Crippen LogP contribution in [0.25, 0.3) is 21.5 Å². The van der Waals surface area contributed by atoms with E-state index in [-0.39, 0.29) is 11.8 Å². The summed E-state index contributed by atoms with van der Waals surface area (Å²) in [5.74, 6) is 0.489. The molecule has 2 N–H and O–H groups in total. The van der Waals surface area contributed by atoms with Crippen LogP contribution >= 0.6 is 0 Å². The number of ether oxygens (including phenoxy) is 2. The summed E-state index contributed by atoms with van der Waals surface area (Å²) in [4.78, 5) is 42.8. The Kier molecular flexibility index (Phi) is 7.12. The molecule has 4 aromatic rings. The molecule has 0 radical (unpaired) electrons. The van der Waals surface area contributed by atoms with E-state index in [4.69, 9.17) is 9.47 Å². The molecule has 2 aromatic heterocycles. The Hall–Kier alpha value is -5.12. The van der Waals surface area contributed by atoms with Gasteiger partial charge in [0, 0.05) is 50.5 Å². The predicted molar refractivity (Wildman–Crippen MR) is 154 cm³/mol. The van der Waals surface area contributed by atoms with Gasteiger partial charge < -0.3 is 20.1 Å². The Morgan fingerprint density at radius 2 is 1.15 bits per heavy atom. The van der Waals surface area contributed by atoms with Crippen molar-refractivity contribution in [2.24, 2.45) is 9.98 Å². The van der Waals surface area contributed by atoms with Gasteiger partial charge in [-0.2, -0.15) is 0 Å². The Morgan fingerprint density at radius 1 is 0.675 bits per heavy atom. The third kappa shape index (κ3) is 5.51. The number of anilines is 2. The van der Waals surface area contributed by atoms with Gasteiger partial charge >= 0.3 is 11.9 Å². The van der Waals surface area contributed by atoms with Crippen molar-refractivity contribution < 1.29 is 19.1 Å². The standard InChI is InChI=1S/C30H26N6O4/c37-25(39-29-27-19(13-17-33-29)5-1-7-21(27)35-23-9-3-15-31-23)11-12-26(38)40-30-28-20(14-18-34-30)6-2-8-22(28)36-24-10-4-16-32-24/h1-2,5-8,11-14,17-18H,3-4,9-10,15-16H2,(H,31,35)(H,32,36)/b12-11+. The maximum atomic E-state index is 12.7. The summed E-state index contributed by atoms with van der Waals surface area (Å²) in [5, 5.41) is 9.64. The summed E-state index contributed by atoms with van der Waals surface area (Å²) in [6.07, 6.45) is 8.85. The SMILES string of the molecule is O=C(/C=C/C(=O)Oc1nccc2cccc(NC3=NCCC3)c12)Oc1nccc2cccc(NC3=NCCC3)c12. The van der Waals surface area contributed by atoms with E-state index in [1.54, 1.807) is 12.4 Å². The first-order chi connectivity index (χ1) is 19.6. The molecule has 6 rings (SSSR count). The van der Waals surface area contributed by atoms with Gasteiger partial charge in [-0.1, -0.05) is 24.3 Å². The summed E-state index contributed by atoms with van der Waals surface area (Å²) in [6, 6.07) is 15.1. The van der Waals surface area contributed by atoms with Gasteiger partial charge in [0.15, 0.2) is 0 Å². The molecule has 40 heavy (non-hydrogen) atoms. The maximum Gasteiger partial charge on any atom is 0.337 e. The summed E-state index contributed by atoms with van der Waals surface area (Å²) in [7, 11) is 0. The van der Waals surface area contributed by atoms with Gasteiger partial charge in [-0.3, -0.25) is 9.98 Å². The quantitative estimate of drug-likeness (QED) is 0.260. The second kappa shape index (κ2) is 11.3. The smallest absolute Gasteiger partial charge is 0.337 e. The molecule has 0 spiro atoms. The molecule has 0 saturated heterocycles. The first-order valence-corrected chi connectivity index (χ1v) is 13.1. The van der Waals surface area contributed by atoms with Crippen LogP contribution < -0.4 is 20.1 Å². The zero-order valence-corrected chi connectivity index (χ0v) is 21.6. The highest BCUT2D eigenvalue weighted by atomic mass is 16.5. The largest absolute Gasteiger partial charge is 0.404 e. The monoisotopic (exact) mass is 534 g/mol. The van der Waals surface area contributed by atoms with Crippen LogP contribution in [0.2, 0.25) is 0 Å². The number of carbonyl (C=O) groups is 2. The number of carbonyl (C=O) groups excluding carboxylic acids is 2. The second-order valence-corrected chi connectivity index (χ2v) is 9.33. The van der Waals surface area contributed by atoms with Crippen LogP contribution in [0.4, 0.5) is 11.4 Å². The van der Waals surface area contributed by atoms with Crippen LogP contribution in [0.5, 0.6) is 11.8 Å². The molecule has 10 heteroatoms. The van der Waals surface area contributed by atoms with E-state index in [0.29, 0.717) is 10.8 Å². The molecule has 0 saturated carbocycles. The van der Waals surface area contributed by atoms with Crippen LogP contribution in [0.15, 0.2) is 83.1 Å². The van der Waals surface area contributed by atoms with E-state index in [9.17, 15) is 9.59 Å². The molecule has 0 fully saturated rings. The van der Waals surface area contributed by atoms with Crippen molar-refractivity contribution in [1.82, 2.24) is 9.97 Å². The van der Waals surface area contributed by atoms with Gasteiger partial charge in [0.05, 0.1) is 22.1 Å². The van der Waals surface area contributed by atoms with Crippen molar-refractivity contribution in [3.63, 3.8) is 0 Å². The second-order valence-electron chi connectivity index (χ2n) is 9.33. The van der Waals surface area contributed by atoms with Crippen LogP contribution in [0, 0.1) is 0 Å². The Morgan fingerprint density at radius 3 is 1.57 bits per heavy atom. The number of pyridine rings is 2. The predicted octanol–water partition coefficient (Wildman–Crippen LogP) is 5.06. The van der Waals surface area contributed by atoms with Crippen molar-refractivity contribution in [2.45, 2.75) is 25.7 Å². The number of esters is 2. The third-order valence-corrected chi connectivity index (χ3v) is 6.57. The normalized spacial score (nSPS) is 14.8. The summed E-state index contributed by atoms with van der Waals surface area (Å²) in [6.45, 7) is 1.57. The average molecular weight is 535 g/mol. The molecule has 0 amide bonds. The lowest BCUT2D eigenvalue weighted by Gasteiger charge is -2.12. The molecule has 0 atom stereocenters. The number of nitrogens with zero attached hydrogens (tertiary/aromatic N) is 4. The average Bonchev–Trinajstić information content (AvgIpc) is 3.67. The lowest BCUT2D eigenvalue weighted by molar-refractivity contribution is -0.131. The minimum atomic E-state index is -0.766. The highest BCUT2D eigenvalue weighted by Gasteiger charge is 2.16. The minimum absolute atomic E-state index is 0.128. The molecule has 10 nitrogen and oxygen atoms in total. The molecule has 4 heterocycles. The first-order valence-electron chi connectivity index (χ1n) is 13.1. The van der Waals surface area contributed by atoms with Gasteiger partial charge in [-0.25, -0.2) is 19.6 Å². The topological polar surface area (TPSA) is 127 Å². The summed E-state index contributed by atoms with van der Waals surface area (Å²) < 4.78 is 11.1. The van der Waals surface area contributed by atoms with Crippen LogP contribution in [0.3, 0.4) is 0 Å². The molecule has 200 valence electrons. The summed E-state index contributed by atoms with van der Waals surface area (Å²) in [5.41, 5.74) is 1.49. The maximum absolute atomic E-state index is 12.7. The van der Waals surface area contributed by atoms with Crippen molar-refractivity contribution in [2.75, 3.05) is 23.7 Å². The van der Waals surface area contributed by atoms with E-state index >= 15 is 0 Å². The van der Waals surface area contributed by atoms with Gasteiger partial charge in [-0.05, 0) is 47.9 Å². The first kappa shape index (κ1) is 25.2. The van der Waals surface area contributed by atoms with Gasteiger partial charge in [0.1, 0.15) is 11.7 Å². The van der Waals surface area contributed by atoms with E-state index < -0.39 is 11.9 Å². The van der Waals surface area contributed by atoms with Crippen molar-refractivity contribution in [3.05, 3.63) is 73.1 Å². The number of aliphatic imine (C=N–C) groups is 2. The number of benzene rings is 2. The van der Waals surface area contributed by atoms with Crippen LogP contribution in [-0.2, 0) is 9.59 Å². The highest BCUT2D eigenvalue weighted by molar-refractivity contribution is 6.08. The number of fused-ring (bicyclic) bond motifs is 2. The minimum Gasteiger partial charge on any atom is -0.404 e. The Labute approximate surface area is 229 Å². The zero-order chi connectivity index (χ0) is 27.3.